The standard InChI is InChI=1S/C16H13Cl2N3O5/c1-8(22)21-16(6-12(19-21)14(24)26-2)7-13(23)20(15(16)25)11-4-9(17)3-10(18)5-11/h3-5H,6-7H2,1-2H3. The van der Waals surface area contributed by atoms with Crippen LogP contribution in [0.5, 0.6) is 0 Å². The van der Waals surface area contributed by atoms with Gasteiger partial charge in [-0.3, -0.25) is 14.4 Å². The predicted octanol–water partition coefficient (Wildman–Crippen LogP) is 1.78. The van der Waals surface area contributed by atoms with Crippen molar-refractivity contribution in [3.05, 3.63) is 28.2 Å². The van der Waals surface area contributed by atoms with Crippen molar-refractivity contribution in [1.29, 1.82) is 0 Å². The molecule has 0 aromatic heterocycles. The number of hydrogen-bond donors (Lipinski definition) is 0. The highest BCUT2D eigenvalue weighted by atomic mass is 35.5. The van der Waals surface area contributed by atoms with Crippen LogP contribution in [0.1, 0.15) is 19.8 Å². The van der Waals surface area contributed by atoms with Crippen molar-refractivity contribution in [2.45, 2.75) is 25.3 Å². The second-order valence-electron chi connectivity index (χ2n) is 5.92. The molecule has 1 spiro atoms. The Morgan fingerprint density at radius 1 is 1.15 bits per heavy atom. The van der Waals surface area contributed by atoms with Gasteiger partial charge in [0.05, 0.1) is 19.2 Å². The highest BCUT2D eigenvalue weighted by Gasteiger charge is 2.61. The molecule has 0 N–H and O–H groups in total. The van der Waals surface area contributed by atoms with E-state index in [-0.39, 0.29) is 34.3 Å². The van der Waals surface area contributed by atoms with Crippen LogP contribution >= 0.6 is 23.2 Å². The Bertz CT molecular complexity index is 864. The van der Waals surface area contributed by atoms with Crippen LogP contribution in [0.25, 0.3) is 0 Å². The molecule has 2 aliphatic heterocycles. The summed E-state index contributed by atoms with van der Waals surface area (Å²) in [5, 5.41) is 5.29. The van der Waals surface area contributed by atoms with Gasteiger partial charge in [0.1, 0.15) is 5.71 Å². The highest BCUT2D eigenvalue weighted by Crippen LogP contribution is 2.41. The van der Waals surface area contributed by atoms with Gasteiger partial charge in [-0.25, -0.2) is 14.7 Å². The first-order chi connectivity index (χ1) is 12.2. The number of anilines is 1. The molecular weight excluding hydrogens is 385 g/mol. The molecule has 136 valence electrons. The first-order valence-corrected chi connectivity index (χ1v) is 8.25. The number of methoxy groups -OCH3 is 1. The lowest BCUT2D eigenvalue weighted by Gasteiger charge is -2.28. The van der Waals surface area contributed by atoms with Crippen LogP contribution < -0.4 is 4.90 Å². The van der Waals surface area contributed by atoms with Gasteiger partial charge in [0.2, 0.25) is 11.8 Å². The molecule has 8 nitrogen and oxygen atoms in total. The van der Waals surface area contributed by atoms with E-state index in [4.69, 9.17) is 23.2 Å². The number of rotatable bonds is 2. The monoisotopic (exact) mass is 397 g/mol. The number of esters is 1. The van der Waals surface area contributed by atoms with Crippen LogP contribution in [0.2, 0.25) is 10.0 Å². The third kappa shape index (κ3) is 2.75. The first kappa shape index (κ1) is 18.3. The summed E-state index contributed by atoms with van der Waals surface area (Å²) in [4.78, 5) is 50.5. The Balaban J connectivity index is 2.04. The molecule has 2 heterocycles. The third-order valence-electron chi connectivity index (χ3n) is 4.21. The molecule has 0 radical (unpaired) electrons. The van der Waals surface area contributed by atoms with E-state index in [1.807, 2.05) is 0 Å². The number of hydrogen-bond acceptors (Lipinski definition) is 6. The number of nitrogens with zero attached hydrogens (tertiary/aromatic N) is 3. The molecule has 1 saturated heterocycles. The minimum atomic E-state index is -1.60. The van der Waals surface area contributed by atoms with Crippen molar-refractivity contribution in [3.8, 4) is 0 Å². The van der Waals surface area contributed by atoms with Crippen molar-refractivity contribution in [2.24, 2.45) is 5.10 Å². The molecule has 0 bridgehead atoms. The zero-order valence-electron chi connectivity index (χ0n) is 13.8. The third-order valence-corrected chi connectivity index (χ3v) is 4.64. The maximum absolute atomic E-state index is 13.1. The molecule has 0 aliphatic carbocycles. The largest absolute Gasteiger partial charge is 0.464 e. The second-order valence-corrected chi connectivity index (χ2v) is 6.79. The average Bonchev–Trinajstić information content (AvgIpc) is 3.04. The summed E-state index contributed by atoms with van der Waals surface area (Å²) >= 11 is 11.9. The SMILES string of the molecule is COC(=O)C1=NN(C(C)=O)C2(CC(=O)N(c3cc(Cl)cc(Cl)c3)C2=O)C1. The number of halogens is 2. The maximum Gasteiger partial charge on any atom is 0.354 e. The lowest BCUT2D eigenvalue weighted by Crippen LogP contribution is -2.51. The number of amides is 3. The smallest absolute Gasteiger partial charge is 0.354 e. The molecule has 0 saturated carbocycles. The molecule has 1 fully saturated rings. The van der Waals surface area contributed by atoms with E-state index in [1.165, 1.54) is 25.1 Å². The van der Waals surface area contributed by atoms with E-state index in [2.05, 4.69) is 9.84 Å². The summed E-state index contributed by atoms with van der Waals surface area (Å²) in [6.07, 6.45) is -0.534. The number of imide groups is 1. The molecule has 1 aromatic carbocycles. The fraction of sp³-hybridized carbons (Fsp3) is 0.312. The molecule has 3 amide bonds. The fourth-order valence-corrected chi connectivity index (χ4v) is 3.68. The van der Waals surface area contributed by atoms with E-state index >= 15 is 0 Å². The molecular formula is C16H13Cl2N3O5. The van der Waals surface area contributed by atoms with Crippen LogP contribution in [0, 0.1) is 0 Å². The summed E-state index contributed by atoms with van der Waals surface area (Å²) in [6, 6.07) is 4.29. The Morgan fingerprint density at radius 3 is 2.31 bits per heavy atom. The Hall–Kier alpha value is -2.45. The summed E-state index contributed by atoms with van der Waals surface area (Å²) in [7, 11) is 1.16. The van der Waals surface area contributed by atoms with Gasteiger partial charge in [-0.15, -0.1) is 0 Å². The maximum atomic E-state index is 13.1. The van der Waals surface area contributed by atoms with Gasteiger partial charge in [0, 0.05) is 23.4 Å². The number of carbonyl (C=O) groups excluding carboxylic acids is 4. The van der Waals surface area contributed by atoms with Crippen molar-refractivity contribution in [1.82, 2.24) is 5.01 Å². The van der Waals surface area contributed by atoms with Crippen LogP contribution in [0.4, 0.5) is 5.69 Å². The van der Waals surface area contributed by atoms with Gasteiger partial charge in [0.25, 0.3) is 5.91 Å². The number of carbonyl (C=O) groups is 4. The van der Waals surface area contributed by atoms with Gasteiger partial charge in [-0.05, 0) is 18.2 Å². The average molecular weight is 398 g/mol. The van der Waals surface area contributed by atoms with E-state index in [0.29, 0.717) is 0 Å². The lowest BCUT2D eigenvalue weighted by molar-refractivity contribution is -0.141. The van der Waals surface area contributed by atoms with Crippen molar-refractivity contribution in [3.63, 3.8) is 0 Å². The van der Waals surface area contributed by atoms with Gasteiger partial charge >= 0.3 is 5.97 Å². The van der Waals surface area contributed by atoms with E-state index < -0.39 is 29.2 Å². The number of ether oxygens (including phenoxy) is 1. The topological polar surface area (TPSA) is 96.3 Å². The van der Waals surface area contributed by atoms with Gasteiger partial charge < -0.3 is 4.74 Å². The Morgan fingerprint density at radius 2 is 1.77 bits per heavy atom. The van der Waals surface area contributed by atoms with Crippen LogP contribution in [0.15, 0.2) is 23.3 Å². The van der Waals surface area contributed by atoms with Gasteiger partial charge in [0.15, 0.2) is 5.54 Å². The van der Waals surface area contributed by atoms with Crippen molar-refractivity contribution < 1.29 is 23.9 Å². The number of hydrazone groups is 1. The molecule has 1 unspecified atom stereocenters. The summed E-state index contributed by atoms with van der Waals surface area (Å²) in [5.41, 5.74) is -1.51. The fourth-order valence-electron chi connectivity index (χ4n) is 3.17. The number of benzene rings is 1. The van der Waals surface area contributed by atoms with E-state index in [0.717, 1.165) is 17.0 Å². The van der Waals surface area contributed by atoms with Gasteiger partial charge in [-0.1, -0.05) is 23.2 Å². The normalized spacial score (nSPS) is 22.2. The van der Waals surface area contributed by atoms with Crippen LogP contribution in [0.3, 0.4) is 0 Å². The molecule has 10 heteroatoms. The van der Waals surface area contributed by atoms with Crippen molar-refractivity contribution >= 4 is 58.3 Å². The summed E-state index contributed by atoms with van der Waals surface area (Å²) in [5.74, 6) is -2.58. The van der Waals surface area contributed by atoms with Crippen molar-refractivity contribution in [2.75, 3.05) is 12.0 Å². The Labute approximate surface area is 158 Å². The van der Waals surface area contributed by atoms with Gasteiger partial charge in [-0.2, -0.15) is 5.10 Å². The summed E-state index contributed by atoms with van der Waals surface area (Å²) < 4.78 is 4.62. The van der Waals surface area contributed by atoms with E-state index in [1.54, 1.807) is 0 Å². The molecule has 3 rings (SSSR count). The molecule has 26 heavy (non-hydrogen) atoms. The van der Waals surface area contributed by atoms with Crippen LogP contribution in [-0.2, 0) is 23.9 Å². The van der Waals surface area contributed by atoms with Crippen LogP contribution in [-0.4, -0.2) is 47.1 Å². The zero-order valence-corrected chi connectivity index (χ0v) is 15.3. The zero-order chi connectivity index (χ0) is 19.2. The second kappa shape index (κ2) is 6.37. The minimum Gasteiger partial charge on any atom is -0.464 e. The first-order valence-electron chi connectivity index (χ1n) is 7.49. The molecule has 1 atom stereocenters. The highest BCUT2D eigenvalue weighted by molar-refractivity contribution is 6.40. The quantitative estimate of drug-likeness (QED) is 0.559. The van der Waals surface area contributed by atoms with E-state index in [9.17, 15) is 19.2 Å². The minimum absolute atomic E-state index is 0.102. The molecule has 2 aliphatic rings. The lowest BCUT2D eigenvalue weighted by atomic mass is 9.91. The molecule has 1 aromatic rings. The Kier molecular flexibility index (Phi) is 4.49. The summed E-state index contributed by atoms with van der Waals surface area (Å²) in [6.45, 7) is 1.20. The predicted molar refractivity (Wildman–Crippen MR) is 92.9 cm³/mol.